The zero-order valence-corrected chi connectivity index (χ0v) is 9.65. The lowest BCUT2D eigenvalue weighted by Crippen LogP contribution is -2.33. The number of halogens is 1. The maximum absolute atomic E-state index is 11.5. The molecule has 1 amide bonds. The lowest BCUT2D eigenvalue weighted by Gasteiger charge is -2.22. The number of hydrazone groups is 1. The molecule has 0 aromatic heterocycles. The number of hydrogen-bond acceptors (Lipinski definition) is 2. The number of nitrogens with zero attached hydrogens (tertiary/aromatic N) is 2. The highest BCUT2D eigenvalue weighted by Crippen LogP contribution is 2.14. The van der Waals surface area contributed by atoms with Gasteiger partial charge < -0.3 is 0 Å². The maximum atomic E-state index is 11.5. The molecule has 4 heteroatoms. The van der Waals surface area contributed by atoms with Gasteiger partial charge in [-0.3, -0.25) is 4.79 Å². The van der Waals surface area contributed by atoms with Crippen LogP contribution >= 0.6 is 11.6 Å². The van der Waals surface area contributed by atoms with Crippen LogP contribution < -0.4 is 0 Å². The third-order valence-electron chi connectivity index (χ3n) is 2.51. The molecule has 3 nitrogen and oxygen atoms in total. The predicted octanol–water partition coefficient (Wildman–Crippen LogP) is 2.25. The molecule has 0 unspecified atom stereocenters. The Hall–Kier alpha value is -1.35. The van der Waals surface area contributed by atoms with Crippen LogP contribution in [0.1, 0.15) is 18.4 Å². The summed E-state index contributed by atoms with van der Waals surface area (Å²) in [7, 11) is 0. The first-order chi connectivity index (χ1) is 7.81. The molecule has 0 atom stereocenters. The van der Waals surface area contributed by atoms with Gasteiger partial charge >= 0.3 is 0 Å². The highest BCUT2D eigenvalue weighted by Gasteiger charge is 2.20. The number of carbonyl (C=O) groups excluding carboxylic acids is 1. The number of alkyl halides is 1. The molecular formula is C12H13ClN2O. The van der Waals surface area contributed by atoms with Crippen LogP contribution in [-0.4, -0.2) is 29.1 Å². The molecule has 0 aliphatic carbocycles. The second-order valence-electron chi connectivity index (χ2n) is 3.62. The van der Waals surface area contributed by atoms with Crippen LogP contribution in [0.3, 0.4) is 0 Å². The highest BCUT2D eigenvalue weighted by atomic mass is 35.5. The Kier molecular flexibility index (Phi) is 3.57. The highest BCUT2D eigenvalue weighted by molar-refractivity contribution is 6.18. The molecule has 1 aliphatic rings. The van der Waals surface area contributed by atoms with Crippen molar-refractivity contribution >= 4 is 23.2 Å². The van der Waals surface area contributed by atoms with E-state index < -0.39 is 0 Å². The summed E-state index contributed by atoms with van der Waals surface area (Å²) in [6.45, 7) is 0.483. The van der Waals surface area contributed by atoms with Gasteiger partial charge in [-0.05, 0) is 5.56 Å². The van der Waals surface area contributed by atoms with Gasteiger partial charge in [0.15, 0.2) is 0 Å². The van der Waals surface area contributed by atoms with Gasteiger partial charge in [-0.1, -0.05) is 30.3 Å². The van der Waals surface area contributed by atoms with Gasteiger partial charge in [-0.15, -0.1) is 11.6 Å². The van der Waals surface area contributed by atoms with E-state index in [0.29, 0.717) is 25.3 Å². The number of benzene rings is 1. The Morgan fingerprint density at radius 2 is 2.00 bits per heavy atom. The topological polar surface area (TPSA) is 32.7 Å². The van der Waals surface area contributed by atoms with Crippen molar-refractivity contribution in [1.82, 2.24) is 5.01 Å². The van der Waals surface area contributed by atoms with Crippen molar-refractivity contribution in [3.63, 3.8) is 0 Å². The van der Waals surface area contributed by atoms with Crippen LogP contribution in [0.25, 0.3) is 0 Å². The van der Waals surface area contributed by atoms with Crippen molar-refractivity contribution < 1.29 is 4.79 Å². The summed E-state index contributed by atoms with van der Waals surface area (Å²) >= 11 is 5.63. The summed E-state index contributed by atoms with van der Waals surface area (Å²) in [6.07, 6.45) is 1.23. The summed E-state index contributed by atoms with van der Waals surface area (Å²) in [4.78, 5) is 11.5. The normalized spacial score (nSPS) is 16.2. The molecule has 16 heavy (non-hydrogen) atoms. The lowest BCUT2D eigenvalue weighted by atomic mass is 10.0. The van der Waals surface area contributed by atoms with Crippen molar-refractivity contribution in [2.45, 2.75) is 12.8 Å². The Morgan fingerprint density at radius 3 is 2.69 bits per heavy atom. The molecule has 1 aliphatic heterocycles. The summed E-state index contributed by atoms with van der Waals surface area (Å²) in [5, 5.41) is 5.81. The van der Waals surface area contributed by atoms with Gasteiger partial charge in [0.25, 0.3) is 0 Å². The van der Waals surface area contributed by atoms with Crippen molar-refractivity contribution in [1.29, 1.82) is 0 Å². The van der Waals surface area contributed by atoms with Crippen LogP contribution in [0.5, 0.6) is 0 Å². The molecule has 84 valence electrons. The van der Waals surface area contributed by atoms with E-state index in [9.17, 15) is 4.79 Å². The molecular weight excluding hydrogens is 224 g/mol. The summed E-state index contributed by atoms with van der Waals surface area (Å²) in [5.74, 6) is 0.470. The fourth-order valence-corrected chi connectivity index (χ4v) is 1.85. The average Bonchev–Trinajstić information content (AvgIpc) is 2.33. The minimum atomic E-state index is 0.0559. The monoisotopic (exact) mass is 236 g/mol. The molecule has 0 bridgehead atoms. The molecule has 1 aromatic carbocycles. The molecule has 1 heterocycles. The van der Waals surface area contributed by atoms with Gasteiger partial charge in [0, 0.05) is 18.7 Å². The van der Waals surface area contributed by atoms with Crippen LogP contribution in [-0.2, 0) is 4.79 Å². The Balaban J connectivity index is 2.22. The number of carbonyl (C=O) groups is 1. The number of amides is 1. The zero-order valence-electron chi connectivity index (χ0n) is 8.90. The Morgan fingerprint density at radius 1 is 1.25 bits per heavy atom. The maximum Gasteiger partial charge on any atom is 0.243 e. The molecule has 2 rings (SSSR count). The lowest BCUT2D eigenvalue weighted by molar-refractivity contribution is -0.131. The first-order valence-electron chi connectivity index (χ1n) is 5.30. The predicted molar refractivity (Wildman–Crippen MR) is 64.6 cm³/mol. The summed E-state index contributed by atoms with van der Waals surface area (Å²) < 4.78 is 0. The van der Waals surface area contributed by atoms with Gasteiger partial charge in [0.05, 0.1) is 12.3 Å². The van der Waals surface area contributed by atoms with Crippen LogP contribution in [0.15, 0.2) is 35.4 Å². The second-order valence-corrected chi connectivity index (χ2v) is 4.00. The fourth-order valence-electron chi connectivity index (χ4n) is 1.69. The second kappa shape index (κ2) is 5.12. The van der Waals surface area contributed by atoms with Crippen molar-refractivity contribution in [2.75, 3.05) is 12.4 Å². The Labute approximate surface area is 99.7 Å². The van der Waals surface area contributed by atoms with Crippen LogP contribution in [0.4, 0.5) is 0 Å². The zero-order chi connectivity index (χ0) is 11.4. The van der Waals surface area contributed by atoms with Gasteiger partial charge in [0.2, 0.25) is 5.91 Å². The van der Waals surface area contributed by atoms with Gasteiger partial charge in [0.1, 0.15) is 0 Å². The first-order valence-corrected chi connectivity index (χ1v) is 5.84. The van der Waals surface area contributed by atoms with Crippen molar-refractivity contribution in [2.24, 2.45) is 5.10 Å². The average molecular weight is 237 g/mol. The SMILES string of the molecule is O=C1CCC(c2ccccc2)=NN1CCCl. The number of rotatable bonds is 3. The van der Waals surface area contributed by atoms with E-state index in [-0.39, 0.29) is 5.91 Å². The summed E-state index contributed by atoms with van der Waals surface area (Å²) in [5.41, 5.74) is 2.04. The third kappa shape index (κ3) is 2.42. The minimum absolute atomic E-state index is 0.0559. The van der Waals surface area contributed by atoms with E-state index in [1.165, 1.54) is 5.01 Å². The molecule has 0 radical (unpaired) electrons. The molecule has 0 N–H and O–H groups in total. The van der Waals surface area contributed by atoms with E-state index >= 15 is 0 Å². The van der Waals surface area contributed by atoms with Crippen LogP contribution in [0.2, 0.25) is 0 Å². The van der Waals surface area contributed by atoms with Gasteiger partial charge in [-0.25, -0.2) is 5.01 Å². The summed E-state index contributed by atoms with van der Waals surface area (Å²) in [6, 6.07) is 9.93. The van der Waals surface area contributed by atoms with E-state index in [1.54, 1.807) is 0 Å². The Bertz CT molecular complexity index is 403. The largest absolute Gasteiger partial charge is 0.273 e. The van der Waals surface area contributed by atoms with E-state index in [0.717, 1.165) is 11.3 Å². The van der Waals surface area contributed by atoms with Crippen molar-refractivity contribution in [3.05, 3.63) is 35.9 Å². The van der Waals surface area contributed by atoms with E-state index in [1.807, 2.05) is 30.3 Å². The minimum Gasteiger partial charge on any atom is -0.273 e. The first kappa shape index (κ1) is 11.1. The molecule has 0 saturated heterocycles. The third-order valence-corrected chi connectivity index (χ3v) is 2.68. The van der Waals surface area contributed by atoms with Gasteiger partial charge in [-0.2, -0.15) is 5.10 Å². The quantitative estimate of drug-likeness (QED) is 0.741. The van der Waals surface area contributed by atoms with E-state index in [2.05, 4.69) is 5.10 Å². The van der Waals surface area contributed by atoms with Crippen molar-refractivity contribution in [3.8, 4) is 0 Å². The molecule has 0 spiro atoms. The molecule has 0 fully saturated rings. The van der Waals surface area contributed by atoms with E-state index in [4.69, 9.17) is 11.6 Å². The molecule has 1 aromatic rings. The fraction of sp³-hybridized carbons (Fsp3) is 0.333. The number of hydrogen-bond donors (Lipinski definition) is 0. The standard InChI is InChI=1S/C12H13ClN2O/c13-8-9-15-12(16)7-6-11(14-15)10-4-2-1-3-5-10/h1-5H,6-9H2. The molecule has 0 saturated carbocycles. The van der Waals surface area contributed by atoms with Crippen LogP contribution in [0, 0.1) is 0 Å². The smallest absolute Gasteiger partial charge is 0.243 e.